The van der Waals surface area contributed by atoms with Crippen LogP contribution in [0.15, 0.2) is 54.6 Å². The molecule has 1 amide bonds. The van der Waals surface area contributed by atoms with Crippen LogP contribution in [-0.4, -0.2) is 22.6 Å². The molecule has 0 bridgehead atoms. The third kappa shape index (κ3) is 5.45. The summed E-state index contributed by atoms with van der Waals surface area (Å²) in [6.07, 6.45) is 6.05. The summed E-state index contributed by atoms with van der Waals surface area (Å²) < 4.78 is 0. The van der Waals surface area contributed by atoms with Crippen molar-refractivity contribution >= 4 is 34.5 Å². The molecular formula is C22H24ClN3O2. The van der Waals surface area contributed by atoms with E-state index >= 15 is 0 Å². The normalized spacial score (nSPS) is 11.4. The van der Waals surface area contributed by atoms with Crippen LogP contribution in [0.25, 0.3) is 17.0 Å². The number of hydrogen-bond acceptors (Lipinski definition) is 3. The Morgan fingerprint density at radius 2 is 1.89 bits per heavy atom. The molecule has 5 nitrogen and oxygen atoms in total. The van der Waals surface area contributed by atoms with Crippen LogP contribution in [0, 0.1) is 0 Å². The van der Waals surface area contributed by atoms with Crippen molar-refractivity contribution in [2.45, 2.75) is 25.8 Å². The molecule has 0 unspecified atom stereocenters. The van der Waals surface area contributed by atoms with Crippen molar-refractivity contribution < 1.29 is 10.0 Å². The van der Waals surface area contributed by atoms with Gasteiger partial charge >= 0.3 is 0 Å². The van der Waals surface area contributed by atoms with Crippen LogP contribution >= 0.6 is 11.6 Å². The minimum atomic E-state index is -0.542. The standard InChI is InChI=1S/C22H24ClN3O2/c23-22-19(18-5-1-2-7-20(18)25-22)6-3-4-14-24-15-17-10-8-16(9-11-17)12-13-21(27)26-28/h1-2,5,7-13,24-25,28H,3-4,6,14-15H2,(H,26,27)/b13-12+. The quantitative estimate of drug-likeness (QED) is 0.186. The van der Waals surface area contributed by atoms with E-state index in [1.807, 2.05) is 36.4 Å². The molecular weight excluding hydrogens is 374 g/mol. The molecule has 0 fully saturated rings. The predicted molar refractivity (Wildman–Crippen MR) is 113 cm³/mol. The van der Waals surface area contributed by atoms with Crippen LogP contribution < -0.4 is 10.8 Å². The number of benzene rings is 2. The Kier molecular flexibility index (Phi) is 7.25. The zero-order valence-electron chi connectivity index (χ0n) is 15.5. The number of hydroxylamine groups is 1. The Hall–Kier alpha value is -2.60. The Morgan fingerprint density at radius 1 is 1.11 bits per heavy atom. The molecule has 1 heterocycles. The Labute approximate surface area is 169 Å². The zero-order valence-corrected chi connectivity index (χ0v) is 16.3. The average molecular weight is 398 g/mol. The Balaban J connectivity index is 1.38. The molecule has 2 aromatic carbocycles. The van der Waals surface area contributed by atoms with E-state index in [0.717, 1.165) is 48.6 Å². The predicted octanol–water partition coefficient (Wildman–Crippen LogP) is 4.45. The maximum Gasteiger partial charge on any atom is 0.267 e. The van der Waals surface area contributed by atoms with Crippen molar-refractivity contribution in [3.8, 4) is 0 Å². The number of amides is 1. The van der Waals surface area contributed by atoms with Gasteiger partial charge in [0.25, 0.3) is 5.91 Å². The number of carbonyl (C=O) groups excluding carboxylic acids is 1. The number of halogens is 1. The first-order chi connectivity index (χ1) is 13.7. The van der Waals surface area contributed by atoms with Gasteiger partial charge in [0.2, 0.25) is 0 Å². The minimum Gasteiger partial charge on any atom is -0.345 e. The van der Waals surface area contributed by atoms with Gasteiger partial charge in [-0.25, -0.2) is 5.48 Å². The molecule has 0 saturated heterocycles. The highest BCUT2D eigenvalue weighted by atomic mass is 35.5. The third-order valence-corrected chi connectivity index (χ3v) is 4.96. The SMILES string of the molecule is O=C(/C=C/c1ccc(CNCCCCc2c(Cl)[nH]c3ccccc23)cc1)NO. The average Bonchev–Trinajstić information content (AvgIpc) is 3.04. The zero-order chi connectivity index (χ0) is 19.8. The summed E-state index contributed by atoms with van der Waals surface area (Å²) in [6.45, 7) is 1.74. The summed E-state index contributed by atoms with van der Waals surface area (Å²) in [5, 5.41) is 13.9. The molecule has 0 saturated carbocycles. The fraction of sp³-hybridized carbons (Fsp3) is 0.227. The molecule has 3 aromatic rings. The molecule has 0 aliphatic rings. The first-order valence-electron chi connectivity index (χ1n) is 9.34. The van der Waals surface area contributed by atoms with E-state index < -0.39 is 5.91 Å². The number of H-pyrrole nitrogens is 1. The summed E-state index contributed by atoms with van der Waals surface area (Å²) in [5.41, 5.74) is 5.95. The number of hydrogen-bond donors (Lipinski definition) is 4. The minimum absolute atomic E-state index is 0.542. The molecule has 3 rings (SSSR count). The third-order valence-electron chi connectivity index (χ3n) is 4.64. The van der Waals surface area contributed by atoms with Gasteiger partial charge in [-0.05, 0) is 54.6 Å². The number of fused-ring (bicyclic) bond motifs is 1. The molecule has 0 atom stereocenters. The monoisotopic (exact) mass is 397 g/mol. The van der Waals surface area contributed by atoms with Gasteiger partial charge < -0.3 is 10.3 Å². The van der Waals surface area contributed by atoms with Crippen molar-refractivity contribution in [2.75, 3.05) is 6.54 Å². The fourth-order valence-electron chi connectivity index (χ4n) is 3.15. The van der Waals surface area contributed by atoms with Crippen LogP contribution in [-0.2, 0) is 17.8 Å². The van der Waals surface area contributed by atoms with Gasteiger partial charge in [0.1, 0.15) is 5.15 Å². The van der Waals surface area contributed by atoms with Crippen molar-refractivity contribution in [3.63, 3.8) is 0 Å². The Morgan fingerprint density at radius 3 is 2.68 bits per heavy atom. The van der Waals surface area contributed by atoms with Crippen molar-refractivity contribution in [1.29, 1.82) is 0 Å². The summed E-state index contributed by atoms with van der Waals surface area (Å²) in [5.74, 6) is -0.542. The van der Waals surface area contributed by atoms with Gasteiger partial charge in [0.05, 0.1) is 0 Å². The van der Waals surface area contributed by atoms with E-state index in [0.29, 0.717) is 0 Å². The summed E-state index contributed by atoms with van der Waals surface area (Å²) in [6, 6.07) is 16.1. The van der Waals surface area contributed by atoms with Crippen molar-refractivity contribution in [1.82, 2.24) is 15.8 Å². The van der Waals surface area contributed by atoms with Gasteiger partial charge in [-0.15, -0.1) is 0 Å². The lowest BCUT2D eigenvalue weighted by Gasteiger charge is -2.06. The van der Waals surface area contributed by atoms with Gasteiger partial charge in [-0.3, -0.25) is 10.0 Å². The van der Waals surface area contributed by atoms with E-state index in [1.54, 1.807) is 11.6 Å². The van der Waals surface area contributed by atoms with Crippen LogP contribution in [0.3, 0.4) is 0 Å². The topological polar surface area (TPSA) is 77.2 Å². The molecule has 28 heavy (non-hydrogen) atoms. The molecule has 6 heteroatoms. The number of aromatic amines is 1. The molecule has 0 radical (unpaired) electrons. The maximum atomic E-state index is 11.0. The number of rotatable bonds is 9. The number of nitrogens with one attached hydrogen (secondary N) is 3. The second-order valence-electron chi connectivity index (χ2n) is 6.65. The van der Waals surface area contributed by atoms with Crippen molar-refractivity contribution in [2.24, 2.45) is 0 Å². The van der Waals surface area contributed by atoms with Gasteiger partial charge in [0.15, 0.2) is 0 Å². The largest absolute Gasteiger partial charge is 0.345 e. The van der Waals surface area contributed by atoms with Crippen LogP contribution in [0.2, 0.25) is 5.15 Å². The number of para-hydroxylation sites is 1. The summed E-state index contributed by atoms with van der Waals surface area (Å²) in [7, 11) is 0. The van der Waals surface area contributed by atoms with E-state index in [4.69, 9.17) is 16.8 Å². The highest BCUT2D eigenvalue weighted by Gasteiger charge is 2.08. The highest BCUT2D eigenvalue weighted by Crippen LogP contribution is 2.27. The summed E-state index contributed by atoms with van der Waals surface area (Å²) >= 11 is 6.34. The molecule has 4 N–H and O–H groups in total. The van der Waals surface area contributed by atoms with E-state index in [1.165, 1.54) is 22.6 Å². The van der Waals surface area contributed by atoms with Gasteiger partial charge in [-0.1, -0.05) is 54.1 Å². The highest BCUT2D eigenvalue weighted by molar-refractivity contribution is 6.31. The lowest BCUT2D eigenvalue weighted by molar-refractivity contribution is -0.124. The molecule has 0 aliphatic heterocycles. The van der Waals surface area contributed by atoms with E-state index in [-0.39, 0.29) is 0 Å². The lowest BCUT2D eigenvalue weighted by Crippen LogP contribution is -2.15. The maximum absolute atomic E-state index is 11.0. The summed E-state index contributed by atoms with van der Waals surface area (Å²) in [4.78, 5) is 14.2. The second kappa shape index (κ2) is 10.1. The Bertz CT molecular complexity index is 948. The van der Waals surface area contributed by atoms with Crippen LogP contribution in [0.5, 0.6) is 0 Å². The molecule has 0 aliphatic carbocycles. The number of aryl methyl sites for hydroxylation is 1. The molecule has 1 aromatic heterocycles. The van der Waals surface area contributed by atoms with Gasteiger partial charge in [-0.2, -0.15) is 0 Å². The fourth-order valence-corrected chi connectivity index (χ4v) is 3.45. The first kappa shape index (κ1) is 20.1. The number of carbonyl (C=O) groups is 1. The smallest absolute Gasteiger partial charge is 0.267 e. The van der Waals surface area contributed by atoms with Gasteiger partial charge in [0, 0.05) is 23.5 Å². The van der Waals surface area contributed by atoms with Crippen LogP contribution in [0.1, 0.15) is 29.5 Å². The number of aromatic nitrogens is 1. The second-order valence-corrected chi connectivity index (χ2v) is 7.03. The lowest BCUT2D eigenvalue weighted by atomic mass is 10.1. The number of unbranched alkanes of at least 4 members (excludes halogenated alkanes) is 1. The van der Waals surface area contributed by atoms with E-state index in [2.05, 4.69) is 22.4 Å². The first-order valence-corrected chi connectivity index (χ1v) is 9.72. The van der Waals surface area contributed by atoms with Crippen LogP contribution in [0.4, 0.5) is 0 Å². The van der Waals surface area contributed by atoms with Crippen molar-refractivity contribution in [3.05, 3.63) is 76.5 Å². The molecule has 0 spiro atoms. The van der Waals surface area contributed by atoms with E-state index in [9.17, 15) is 4.79 Å². The molecule has 146 valence electrons.